The van der Waals surface area contributed by atoms with E-state index in [1.165, 1.54) is 4.90 Å². The summed E-state index contributed by atoms with van der Waals surface area (Å²) in [5, 5.41) is 0. The standard InChI is InChI=1S/C10H13NO2/c1-11(2)10(12)13-8-9-6-4-3-5-7-9/h3-7H,8H2,1-2H3/i10+1. The van der Waals surface area contributed by atoms with Crippen LogP contribution in [0.25, 0.3) is 0 Å². The number of hydrogen-bond acceptors (Lipinski definition) is 2. The Morgan fingerprint density at radius 1 is 1.31 bits per heavy atom. The molecule has 13 heavy (non-hydrogen) atoms. The van der Waals surface area contributed by atoms with Crippen molar-refractivity contribution in [3.63, 3.8) is 0 Å². The number of carbonyl (C=O) groups is 1. The van der Waals surface area contributed by atoms with Gasteiger partial charge in [-0.3, -0.25) is 0 Å². The van der Waals surface area contributed by atoms with Crippen molar-refractivity contribution in [2.24, 2.45) is 0 Å². The van der Waals surface area contributed by atoms with Crippen molar-refractivity contribution in [1.29, 1.82) is 0 Å². The zero-order valence-electron chi connectivity index (χ0n) is 7.86. The normalized spacial score (nSPS) is 9.38. The summed E-state index contributed by atoms with van der Waals surface area (Å²) < 4.78 is 4.98. The molecule has 0 atom stereocenters. The molecule has 70 valence electrons. The van der Waals surface area contributed by atoms with Crippen LogP contribution < -0.4 is 0 Å². The molecule has 0 saturated carbocycles. The summed E-state index contributed by atoms with van der Waals surface area (Å²) in [7, 11) is 3.32. The molecule has 0 N–H and O–H groups in total. The lowest BCUT2D eigenvalue weighted by Gasteiger charge is -2.10. The molecule has 0 aliphatic carbocycles. The second kappa shape index (κ2) is 4.50. The number of hydrogen-bond donors (Lipinski definition) is 0. The third-order valence-corrected chi connectivity index (χ3v) is 1.57. The Hall–Kier alpha value is -1.51. The Balaban J connectivity index is 2.40. The second-order valence-corrected chi connectivity index (χ2v) is 2.93. The fourth-order valence-corrected chi connectivity index (χ4v) is 0.848. The van der Waals surface area contributed by atoms with Gasteiger partial charge in [0.2, 0.25) is 0 Å². The van der Waals surface area contributed by atoms with Gasteiger partial charge < -0.3 is 9.64 Å². The Bertz CT molecular complexity index is 270. The maximum atomic E-state index is 11.0. The smallest absolute Gasteiger partial charge is 0.409 e. The molecule has 0 aliphatic heterocycles. The Morgan fingerprint density at radius 3 is 2.46 bits per heavy atom. The minimum atomic E-state index is -0.316. The van der Waals surface area contributed by atoms with Gasteiger partial charge >= 0.3 is 6.09 Å². The first-order valence-corrected chi connectivity index (χ1v) is 4.08. The van der Waals surface area contributed by atoms with Crippen molar-refractivity contribution in [1.82, 2.24) is 4.90 Å². The van der Waals surface area contributed by atoms with Gasteiger partial charge in [-0.2, -0.15) is 0 Å². The molecule has 0 aliphatic rings. The molecule has 0 bridgehead atoms. The summed E-state index contributed by atoms with van der Waals surface area (Å²) in [6, 6.07) is 9.60. The fourth-order valence-electron chi connectivity index (χ4n) is 0.848. The number of rotatable bonds is 2. The van der Waals surface area contributed by atoms with E-state index in [0.717, 1.165) is 5.56 Å². The van der Waals surface area contributed by atoms with Crippen LogP contribution in [0, 0.1) is 0 Å². The molecule has 0 unspecified atom stereocenters. The van der Waals surface area contributed by atoms with Crippen LogP contribution in [-0.2, 0) is 11.3 Å². The van der Waals surface area contributed by atoms with Crippen LogP contribution in [0.15, 0.2) is 30.3 Å². The average Bonchev–Trinajstić information content (AvgIpc) is 2.15. The van der Waals surface area contributed by atoms with Crippen LogP contribution in [-0.4, -0.2) is 25.1 Å². The first kappa shape index (κ1) is 9.58. The maximum Gasteiger partial charge on any atom is 0.409 e. The van der Waals surface area contributed by atoms with Crippen molar-refractivity contribution >= 4 is 6.09 Å². The summed E-state index contributed by atoms with van der Waals surface area (Å²) >= 11 is 0. The highest BCUT2D eigenvalue weighted by atomic mass is 16.6. The highest BCUT2D eigenvalue weighted by molar-refractivity contribution is 5.66. The number of carbonyl (C=O) groups excluding carboxylic acids is 1. The maximum absolute atomic E-state index is 11.0. The minimum Gasteiger partial charge on any atom is -0.445 e. The highest BCUT2D eigenvalue weighted by Gasteiger charge is 2.03. The van der Waals surface area contributed by atoms with E-state index in [4.69, 9.17) is 4.74 Å². The van der Waals surface area contributed by atoms with E-state index >= 15 is 0 Å². The molecule has 1 rings (SSSR count). The van der Waals surface area contributed by atoms with E-state index in [1.54, 1.807) is 14.1 Å². The van der Waals surface area contributed by atoms with Gasteiger partial charge in [-0.05, 0) is 5.56 Å². The van der Waals surface area contributed by atoms with Gasteiger partial charge in [0.05, 0.1) is 0 Å². The SMILES string of the molecule is CN(C)[13C](=O)OCc1ccccc1. The van der Waals surface area contributed by atoms with Gasteiger partial charge in [0, 0.05) is 14.1 Å². The van der Waals surface area contributed by atoms with E-state index in [0.29, 0.717) is 6.61 Å². The number of benzene rings is 1. The summed E-state index contributed by atoms with van der Waals surface area (Å²) in [6.07, 6.45) is -0.316. The number of ether oxygens (including phenoxy) is 1. The molecule has 3 heteroatoms. The van der Waals surface area contributed by atoms with Crippen LogP contribution in [0.4, 0.5) is 4.79 Å². The lowest BCUT2D eigenvalue weighted by atomic mass is 10.2. The number of nitrogens with zero attached hydrogens (tertiary/aromatic N) is 1. The van der Waals surface area contributed by atoms with Crippen molar-refractivity contribution in [3.8, 4) is 0 Å². The van der Waals surface area contributed by atoms with Gasteiger partial charge in [0.25, 0.3) is 0 Å². The van der Waals surface area contributed by atoms with Gasteiger partial charge in [-0.15, -0.1) is 0 Å². The quantitative estimate of drug-likeness (QED) is 0.650. The fraction of sp³-hybridized carbons (Fsp3) is 0.300. The third-order valence-electron chi connectivity index (χ3n) is 1.57. The molecule has 0 radical (unpaired) electrons. The van der Waals surface area contributed by atoms with Crippen molar-refractivity contribution in [2.75, 3.05) is 14.1 Å². The Morgan fingerprint density at radius 2 is 1.92 bits per heavy atom. The molecular formula is C10H13NO2. The molecule has 1 aromatic rings. The van der Waals surface area contributed by atoms with Crippen molar-refractivity contribution in [2.45, 2.75) is 6.61 Å². The Labute approximate surface area is 77.9 Å². The third kappa shape index (κ3) is 3.15. The predicted molar refractivity (Wildman–Crippen MR) is 50.3 cm³/mol. The zero-order valence-corrected chi connectivity index (χ0v) is 7.86. The van der Waals surface area contributed by atoms with Crippen LogP contribution in [0.5, 0.6) is 0 Å². The molecule has 0 heterocycles. The van der Waals surface area contributed by atoms with E-state index in [-0.39, 0.29) is 6.09 Å². The minimum absolute atomic E-state index is 0.316. The van der Waals surface area contributed by atoms with E-state index in [9.17, 15) is 4.79 Å². The van der Waals surface area contributed by atoms with Crippen LogP contribution in [0.2, 0.25) is 0 Å². The van der Waals surface area contributed by atoms with Crippen molar-refractivity contribution < 1.29 is 9.53 Å². The van der Waals surface area contributed by atoms with Gasteiger partial charge in [0.15, 0.2) is 0 Å². The molecule has 0 saturated heterocycles. The van der Waals surface area contributed by atoms with E-state index in [1.807, 2.05) is 30.3 Å². The largest absolute Gasteiger partial charge is 0.445 e. The molecular weight excluding hydrogens is 167 g/mol. The summed E-state index contributed by atoms with van der Waals surface area (Å²) in [5.41, 5.74) is 0.998. The van der Waals surface area contributed by atoms with Gasteiger partial charge in [-0.1, -0.05) is 30.3 Å². The summed E-state index contributed by atoms with van der Waals surface area (Å²) in [5.74, 6) is 0. The lowest BCUT2D eigenvalue weighted by molar-refractivity contribution is 0.112. The van der Waals surface area contributed by atoms with Crippen molar-refractivity contribution in [3.05, 3.63) is 35.9 Å². The average molecular weight is 180 g/mol. The summed E-state index contributed by atoms with van der Waals surface area (Å²) in [4.78, 5) is 12.4. The van der Waals surface area contributed by atoms with E-state index < -0.39 is 0 Å². The van der Waals surface area contributed by atoms with Gasteiger partial charge in [0.1, 0.15) is 6.61 Å². The number of amides is 1. The van der Waals surface area contributed by atoms with Crippen LogP contribution in [0.1, 0.15) is 5.56 Å². The lowest BCUT2D eigenvalue weighted by Crippen LogP contribution is -2.22. The molecule has 0 spiro atoms. The van der Waals surface area contributed by atoms with Gasteiger partial charge in [-0.25, -0.2) is 4.79 Å². The first-order chi connectivity index (χ1) is 6.20. The predicted octanol–water partition coefficient (Wildman–Crippen LogP) is 1.88. The molecule has 0 fully saturated rings. The van der Waals surface area contributed by atoms with E-state index in [2.05, 4.69) is 0 Å². The zero-order chi connectivity index (χ0) is 9.68. The van der Waals surface area contributed by atoms with Crippen LogP contribution >= 0.6 is 0 Å². The molecule has 1 aromatic carbocycles. The topological polar surface area (TPSA) is 29.5 Å². The Kier molecular flexibility index (Phi) is 3.31. The highest BCUT2D eigenvalue weighted by Crippen LogP contribution is 2.01. The first-order valence-electron chi connectivity index (χ1n) is 4.08. The van der Waals surface area contributed by atoms with Crippen LogP contribution in [0.3, 0.4) is 0 Å². The second-order valence-electron chi connectivity index (χ2n) is 2.93. The molecule has 0 aromatic heterocycles. The monoisotopic (exact) mass is 180 g/mol. The molecule has 1 amide bonds. The molecule has 3 nitrogen and oxygen atoms in total. The summed E-state index contributed by atoms with van der Waals surface area (Å²) in [6.45, 7) is 0.331.